The van der Waals surface area contributed by atoms with Gasteiger partial charge in [-0.05, 0) is 0 Å². The van der Waals surface area contributed by atoms with Crippen LogP contribution in [0.4, 0.5) is 0 Å². The van der Waals surface area contributed by atoms with Crippen molar-refractivity contribution in [1.82, 2.24) is 9.13 Å². The van der Waals surface area contributed by atoms with E-state index in [9.17, 15) is 0 Å². The van der Waals surface area contributed by atoms with Crippen molar-refractivity contribution < 1.29 is 9.13 Å². The number of halogens is 1. The molecule has 0 atom stereocenters. The third-order valence-electron chi connectivity index (χ3n) is 4.61. The molecule has 2 aromatic heterocycles. The van der Waals surface area contributed by atoms with Gasteiger partial charge in [0, 0.05) is 27.7 Å². The number of hydrogen-bond donors (Lipinski definition) is 0. The molecule has 0 bridgehead atoms. The molecule has 0 aliphatic heterocycles. The molecule has 0 N–H and O–H groups in total. The van der Waals surface area contributed by atoms with E-state index in [1.165, 1.54) is 33.9 Å². The van der Waals surface area contributed by atoms with Crippen molar-refractivity contribution in [2.75, 3.05) is 0 Å². The van der Waals surface area contributed by atoms with Gasteiger partial charge in [-0.2, -0.15) is 0 Å². The maximum Gasteiger partial charge on any atom is 0.305 e. The number of nitrogens with zero attached hydrogens (tertiary/aromatic N) is 4. The average Bonchev–Trinajstić information content (AvgIpc) is 2.71. The molecule has 6 heteroatoms. The lowest BCUT2D eigenvalue weighted by Gasteiger charge is -2.05. The van der Waals surface area contributed by atoms with Crippen molar-refractivity contribution >= 4 is 29.6 Å². The molecule has 0 spiro atoms. The van der Waals surface area contributed by atoms with Gasteiger partial charge < -0.3 is 0 Å². The second-order valence-corrected chi connectivity index (χ2v) is 7.83. The Balaban J connectivity index is 2.67. The molecule has 2 heterocycles. The minimum atomic E-state index is -0.921. The summed E-state index contributed by atoms with van der Waals surface area (Å²) >= 11 is 6.90. The zero-order valence-electron chi connectivity index (χ0n) is 13.6. The van der Waals surface area contributed by atoms with E-state index in [1.54, 1.807) is 0 Å². The summed E-state index contributed by atoms with van der Waals surface area (Å²) in [4.78, 5) is 0. The standard InChI is InChI=1S/C14H24ClN4P/c1-9-10(2)17(6)13(16(9)5)20(15)14-18(7)11(3)12(4)19(14)8/h1-8H3/q+2. The largest absolute Gasteiger partial charge is 0.305 e. The third-order valence-corrected chi connectivity index (χ3v) is 7.42. The highest BCUT2D eigenvalue weighted by Gasteiger charge is 2.38. The molecule has 2 rings (SSSR count). The fraction of sp³-hybridized carbons (Fsp3) is 0.571. The molecule has 0 aliphatic rings. The minimum absolute atomic E-state index is 0.921. The third kappa shape index (κ3) is 2.01. The molecule has 0 aromatic carbocycles. The molecule has 0 radical (unpaired) electrons. The quantitative estimate of drug-likeness (QED) is 0.577. The molecule has 0 saturated heterocycles. The fourth-order valence-corrected chi connectivity index (χ4v) is 5.83. The van der Waals surface area contributed by atoms with E-state index < -0.39 is 7.27 Å². The van der Waals surface area contributed by atoms with Gasteiger partial charge in [0.2, 0.25) is 7.27 Å². The highest BCUT2D eigenvalue weighted by Crippen LogP contribution is 2.37. The number of imidazole rings is 2. The van der Waals surface area contributed by atoms with Crippen LogP contribution in [0.25, 0.3) is 0 Å². The van der Waals surface area contributed by atoms with Crippen molar-refractivity contribution in [1.29, 1.82) is 0 Å². The smallest absolute Gasteiger partial charge is 0.229 e. The van der Waals surface area contributed by atoms with Gasteiger partial charge in [0.05, 0.1) is 28.2 Å². The number of rotatable bonds is 2. The first-order chi connectivity index (χ1) is 9.20. The van der Waals surface area contributed by atoms with Crippen LogP contribution >= 0.6 is 18.5 Å². The second-order valence-electron chi connectivity index (χ2n) is 5.46. The fourth-order valence-electron chi connectivity index (χ4n) is 2.64. The van der Waals surface area contributed by atoms with Crippen LogP contribution in [0.2, 0.25) is 0 Å². The Bertz CT molecular complexity index is 575. The summed E-state index contributed by atoms with van der Waals surface area (Å²) < 4.78 is 8.86. The van der Waals surface area contributed by atoms with Gasteiger partial charge in [-0.15, -0.1) is 0 Å². The van der Waals surface area contributed by atoms with Gasteiger partial charge >= 0.3 is 11.1 Å². The molecular formula is C14H24ClN4P+2. The average molecular weight is 315 g/mol. The van der Waals surface area contributed by atoms with E-state index in [4.69, 9.17) is 11.2 Å². The molecule has 4 nitrogen and oxygen atoms in total. The number of aromatic nitrogens is 4. The monoisotopic (exact) mass is 314 g/mol. The predicted molar refractivity (Wildman–Crippen MR) is 84.2 cm³/mol. The van der Waals surface area contributed by atoms with Gasteiger partial charge in [0.15, 0.2) is 0 Å². The van der Waals surface area contributed by atoms with E-state index in [0.29, 0.717) is 0 Å². The van der Waals surface area contributed by atoms with Crippen LogP contribution in [0.3, 0.4) is 0 Å². The number of hydrogen-bond acceptors (Lipinski definition) is 0. The second kappa shape index (κ2) is 5.16. The highest BCUT2D eigenvalue weighted by atomic mass is 35.7. The highest BCUT2D eigenvalue weighted by molar-refractivity contribution is 7.94. The molecule has 0 amide bonds. The first-order valence-electron chi connectivity index (χ1n) is 6.69. The molecule has 0 saturated carbocycles. The molecule has 0 unspecified atom stereocenters. The summed E-state index contributed by atoms with van der Waals surface area (Å²) in [5, 5.41) is 0. The molecular weight excluding hydrogens is 291 g/mol. The molecule has 2 aromatic rings. The van der Waals surface area contributed by atoms with E-state index in [0.717, 1.165) is 0 Å². The van der Waals surface area contributed by atoms with Crippen molar-refractivity contribution in [2.45, 2.75) is 27.7 Å². The maximum absolute atomic E-state index is 6.90. The zero-order chi connectivity index (χ0) is 15.4. The zero-order valence-corrected chi connectivity index (χ0v) is 15.3. The van der Waals surface area contributed by atoms with E-state index in [2.05, 4.69) is 74.2 Å². The van der Waals surface area contributed by atoms with Crippen molar-refractivity contribution in [3.63, 3.8) is 0 Å². The Morgan fingerprint density at radius 2 is 1.10 bits per heavy atom. The van der Waals surface area contributed by atoms with Crippen molar-refractivity contribution in [3.05, 3.63) is 22.8 Å². The molecule has 110 valence electrons. The van der Waals surface area contributed by atoms with Crippen LogP contribution < -0.4 is 20.3 Å². The van der Waals surface area contributed by atoms with E-state index in [-0.39, 0.29) is 0 Å². The SMILES string of the molecule is Cc1c(C)[n+](C)c(P(Cl)c2n(C)c(C)c(C)[n+]2C)n1C. The van der Waals surface area contributed by atoms with E-state index >= 15 is 0 Å². The lowest BCUT2D eigenvalue weighted by Crippen LogP contribution is -2.53. The molecule has 20 heavy (non-hydrogen) atoms. The Morgan fingerprint density at radius 3 is 1.30 bits per heavy atom. The van der Waals surface area contributed by atoms with Gasteiger partial charge in [-0.25, -0.2) is 18.3 Å². The van der Waals surface area contributed by atoms with Crippen molar-refractivity contribution in [3.8, 4) is 0 Å². The predicted octanol–water partition coefficient (Wildman–Crippen LogP) is 0.833. The van der Waals surface area contributed by atoms with Crippen LogP contribution in [-0.2, 0) is 28.2 Å². The Labute approximate surface area is 127 Å². The summed E-state index contributed by atoms with van der Waals surface area (Å²) in [7, 11) is 7.46. The summed E-state index contributed by atoms with van der Waals surface area (Å²) in [6.45, 7) is 8.56. The lowest BCUT2D eigenvalue weighted by molar-refractivity contribution is -0.662. The van der Waals surface area contributed by atoms with Crippen LogP contribution in [0.1, 0.15) is 22.8 Å². The Hall–Kier alpha value is -0.860. The maximum atomic E-state index is 6.90. The lowest BCUT2D eigenvalue weighted by atomic mass is 10.4. The topological polar surface area (TPSA) is 17.6 Å². The molecule has 0 aliphatic carbocycles. The summed E-state index contributed by atoms with van der Waals surface area (Å²) in [5.74, 6) is 0. The summed E-state index contributed by atoms with van der Waals surface area (Å²) in [6.07, 6.45) is 0. The molecule has 0 fully saturated rings. The summed E-state index contributed by atoms with van der Waals surface area (Å²) in [6, 6.07) is 0. The van der Waals surface area contributed by atoms with Gasteiger partial charge in [-0.3, -0.25) is 0 Å². The Morgan fingerprint density at radius 1 is 0.800 bits per heavy atom. The van der Waals surface area contributed by atoms with Gasteiger partial charge in [-0.1, -0.05) is 11.2 Å². The van der Waals surface area contributed by atoms with Crippen LogP contribution in [0.15, 0.2) is 0 Å². The van der Waals surface area contributed by atoms with Crippen LogP contribution in [0.5, 0.6) is 0 Å². The first kappa shape index (κ1) is 15.5. The van der Waals surface area contributed by atoms with Crippen molar-refractivity contribution in [2.24, 2.45) is 28.2 Å². The Kier molecular flexibility index (Phi) is 4.01. The normalized spacial score (nSPS) is 11.7. The van der Waals surface area contributed by atoms with Gasteiger partial charge in [0.1, 0.15) is 22.8 Å². The van der Waals surface area contributed by atoms with Crippen LogP contribution in [0, 0.1) is 27.7 Å². The first-order valence-corrected chi connectivity index (χ1v) is 8.94. The minimum Gasteiger partial charge on any atom is -0.229 e. The van der Waals surface area contributed by atoms with E-state index in [1.807, 2.05) is 0 Å². The summed E-state index contributed by atoms with van der Waals surface area (Å²) in [5.41, 5.74) is 7.41. The van der Waals surface area contributed by atoms with Gasteiger partial charge in [0.25, 0.3) is 0 Å². The van der Waals surface area contributed by atoms with Crippen LogP contribution in [-0.4, -0.2) is 9.13 Å².